The van der Waals surface area contributed by atoms with Crippen LogP contribution in [0.4, 0.5) is 13.2 Å². The van der Waals surface area contributed by atoms with Gasteiger partial charge >= 0.3 is 5.97 Å². The van der Waals surface area contributed by atoms with Gasteiger partial charge in [-0.05, 0) is 49.3 Å². The topological polar surface area (TPSA) is 75.7 Å². The zero-order valence-electron chi connectivity index (χ0n) is 25.2. The zero-order chi connectivity index (χ0) is 30.3. The maximum absolute atomic E-state index is 14.3. The molecule has 8 nitrogen and oxygen atoms in total. The van der Waals surface area contributed by atoms with Crippen LogP contribution in [0.3, 0.4) is 0 Å². The number of halogens is 3. The van der Waals surface area contributed by atoms with Crippen LogP contribution in [-0.2, 0) is 28.4 Å². The van der Waals surface area contributed by atoms with Crippen LogP contribution in [0.5, 0.6) is 0 Å². The molecule has 0 amide bonds. The van der Waals surface area contributed by atoms with Crippen LogP contribution in [0.15, 0.2) is 12.1 Å². The van der Waals surface area contributed by atoms with E-state index in [2.05, 4.69) is 18.7 Å². The van der Waals surface area contributed by atoms with E-state index in [4.69, 9.17) is 28.4 Å². The molecule has 3 spiro atoms. The molecule has 8 rings (SSSR count). The number of esters is 1. The molecule has 1 unspecified atom stereocenters. The molecule has 5 saturated carbocycles. The van der Waals surface area contributed by atoms with Gasteiger partial charge in [-0.2, -0.15) is 0 Å². The van der Waals surface area contributed by atoms with Gasteiger partial charge in [-0.25, -0.2) is 18.0 Å². The molecule has 43 heavy (non-hydrogen) atoms. The summed E-state index contributed by atoms with van der Waals surface area (Å²) < 4.78 is 81.7. The highest BCUT2D eigenvalue weighted by atomic mass is 19.2. The van der Waals surface area contributed by atoms with E-state index in [-0.39, 0.29) is 65.8 Å². The average Bonchev–Trinajstić information content (AvgIpc) is 3.58. The van der Waals surface area contributed by atoms with Crippen LogP contribution in [0, 0.1) is 52.0 Å². The molecule has 13 atom stereocenters. The first-order valence-electron chi connectivity index (χ1n) is 15.6. The number of piperidine rings is 1. The number of hydrogen-bond donors (Lipinski definition) is 0. The Labute approximate surface area is 249 Å². The van der Waals surface area contributed by atoms with Crippen molar-refractivity contribution in [3.63, 3.8) is 0 Å². The van der Waals surface area contributed by atoms with Gasteiger partial charge in [0.1, 0.15) is 18.5 Å². The Morgan fingerprint density at radius 1 is 1.09 bits per heavy atom. The van der Waals surface area contributed by atoms with Gasteiger partial charge in [0.2, 0.25) is 0 Å². The highest BCUT2D eigenvalue weighted by molar-refractivity contribution is 5.89. The Kier molecular flexibility index (Phi) is 6.11. The minimum absolute atomic E-state index is 0.0137. The van der Waals surface area contributed by atoms with Gasteiger partial charge in [0, 0.05) is 57.5 Å². The van der Waals surface area contributed by atoms with Crippen LogP contribution >= 0.6 is 0 Å². The van der Waals surface area contributed by atoms with Gasteiger partial charge in [0.25, 0.3) is 0 Å². The number of nitrogens with zero attached hydrogens (tertiary/aromatic N) is 1. The number of ether oxygens (including phenoxy) is 6. The number of carbonyl (C=O) groups is 1. The predicted octanol–water partition coefficient (Wildman–Crippen LogP) is 3.95. The molecule has 2 heterocycles. The van der Waals surface area contributed by atoms with E-state index in [9.17, 15) is 18.0 Å². The first-order valence-corrected chi connectivity index (χ1v) is 15.6. The molecule has 2 saturated heterocycles. The Morgan fingerprint density at radius 3 is 2.49 bits per heavy atom. The first-order chi connectivity index (χ1) is 20.6. The summed E-state index contributed by atoms with van der Waals surface area (Å²) in [6.07, 6.45) is 1.84. The lowest BCUT2D eigenvalue weighted by Gasteiger charge is -2.69. The minimum Gasteiger partial charge on any atom is -0.455 e. The lowest BCUT2D eigenvalue weighted by molar-refractivity contribution is -0.282. The molecular weight excluding hydrogens is 567 g/mol. The summed E-state index contributed by atoms with van der Waals surface area (Å²) in [5.74, 6) is -5.39. The van der Waals surface area contributed by atoms with Crippen LogP contribution in [0.2, 0.25) is 0 Å². The molecule has 7 aliphatic rings. The third kappa shape index (κ3) is 3.04. The highest BCUT2D eigenvalue weighted by Crippen LogP contribution is 2.82. The molecule has 7 bridgehead atoms. The second-order valence-corrected chi connectivity index (χ2v) is 14.2. The summed E-state index contributed by atoms with van der Waals surface area (Å²) in [6, 6.07) is 1.20. The Balaban J connectivity index is 1.39. The Morgan fingerprint density at radius 2 is 1.84 bits per heavy atom. The number of fused-ring (bicyclic) bond motifs is 1. The van der Waals surface area contributed by atoms with Crippen molar-refractivity contribution < 1.29 is 46.4 Å². The maximum Gasteiger partial charge on any atom is 0.338 e. The van der Waals surface area contributed by atoms with Crippen molar-refractivity contribution in [2.24, 2.45) is 34.5 Å². The first kappa shape index (κ1) is 28.7. The van der Waals surface area contributed by atoms with Gasteiger partial charge in [-0.3, -0.25) is 4.90 Å². The number of benzene rings is 1. The van der Waals surface area contributed by atoms with Gasteiger partial charge < -0.3 is 28.4 Å². The zero-order valence-corrected chi connectivity index (χ0v) is 25.2. The molecule has 236 valence electrons. The smallest absolute Gasteiger partial charge is 0.338 e. The molecule has 0 N–H and O–H groups in total. The van der Waals surface area contributed by atoms with Gasteiger partial charge in [0.15, 0.2) is 23.1 Å². The standard InChI is InChI=1S/C32H40F3NO7/c1-6-36-13-29(2)8-7-21(39-4)31-17-11-16-20(38-3)12-30(22(17)24(16)40-5)32(28(31)36,42-14-41-30)26(25(29)31)43-27(37)15-9-18(33)23(35)19(34)10-15/h9-10,16-17,20-22,24-26,28H,6-8,11-14H2,1-5H3/t16-,17-,20+,21+,22-,24+,25-,26+,28?,29+,30-,31+,32+/m1/s1. The number of likely N-dealkylation sites (N-methyl/N-ethyl adjacent to an activating group) is 1. The summed E-state index contributed by atoms with van der Waals surface area (Å²) >= 11 is 0. The third-order valence-corrected chi connectivity index (χ3v) is 13.3. The summed E-state index contributed by atoms with van der Waals surface area (Å²) in [6.45, 7) is 5.98. The predicted molar refractivity (Wildman–Crippen MR) is 144 cm³/mol. The van der Waals surface area contributed by atoms with Gasteiger partial charge in [-0.15, -0.1) is 0 Å². The second-order valence-electron chi connectivity index (χ2n) is 14.2. The van der Waals surface area contributed by atoms with Crippen molar-refractivity contribution in [3.05, 3.63) is 35.1 Å². The van der Waals surface area contributed by atoms with E-state index >= 15 is 0 Å². The molecular formula is C32H40F3NO7. The molecule has 0 radical (unpaired) electrons. The monoisotopic (exact) mass is 607 g/mol. The van der Waals surface area contributed by atoms with Gasteiger partial charge in [0.05, 0.1) is 29.9 Å². The normalized spacial score (nSPS) is 50.6. The molecule has 11 heteroatoms. The van der Waals surface area contributed by atoms with Crippen molar-refractivity contribution in [2.75, 3.05) is 41.2 Å². The molecule has 1 aromatic rings. The summed E-state index contributed by atoms with van der Waals surface area (Å²) in [5.41, 5.74) is -3.16. The number of rotatable bonds is 6. The molecule has 1 aromatic carbocycles. The number of hydrogen-bond acceptors (Lipinski definition) is 8. The number of likely N-dealkylation sites (tertiary alicyclic amines) is 1. The number of methoxy groups -OCH3 is 3. The fourth-order valence-corrected chi connectivity index (χ4v) is 12.4. The average molecular weight is 608 g/mol. The van der Waals surface area contributed by atoms with E-state index in [0.29, 0.717) is 18.6 Å². The van der Waals surface area contributed by atoms with Crippen molar-refractivity contribution in [3.8, 4) is 0 Å². The van der Waals surface area contributed by atoms with Crippen LogP contribution in [0.1, 0.15) is 49.9 Å². The van der Waals surface area contributed by atoms with Crippen LogP contribution in [-0.4, -0.2) is 93.7 Å². The van der Waals surface area contributed by atoms with Crippen molar-refractivity contribution in [2.45, 2.75) is 81.2 Å². The second kappa shape index (κ2) is 9.16. The van der Waals surface area contributed by atoms with E-state index in [0.717, 1.165) is 32.4 Å². The summed E-state index contributed by atoms with van der Waals surface area (Å²) in [7, 11) is 5.23. The van der Waals surface area contributed by atoms with E-state index in [1.165, 1.54) is 0 Å². The highest BCUT2D eigenvalue weighted by Gasteiger charge is 2.94. The molecule has 7 fully saturated rings. The van der Waals surface area contributed by atoms with E-state index in [1.54, 1.807) is 21.3 Å². The molecule has 0 aromatic heterocycles. The third-order valence-electron chi connectivity index (χ3n) is 13.3. The largest absolute Gasteiger partial charge is 0.455 e. The fourth-order valence-electron chi connectivity index (χ4n) is 12.4. The molecule has 5 aliphatic carbocycles. The molecule has 2 aliphatic heterocycles. The summed E-state index contributed by atoms with van der Waals surface area (Å²) in [4.78, 5) is 16.4. The SMILES string of the molecule is CCN1C[C@]2(C)CC[C@H](OC)[C@@]34C1[C@@]1(OCO[C@@]15C[C@H](OC)[C@H]1C[C@@H]3[C@@H]5[C@H]1OC)[C@@H](OC(=O)c1cc(F)c(F)c(F)c1)[C@H]24. The Bertz CT molecular complexity index is 1340. The number of carbonyl (C=O) groups excluding carboxylic acids is 1. The van der Waals surface area contributed by atoms with E-state index < -0.39 is 46.1 Å². The summed E-state index contributed by atoms with van der Waals surface area (Å²) in [5, 5.41) is 0. The van der Waals surface area contributed by atoms with Gasteiger partial charge in [-0.1, -0.05) is 13.8 Å². The van der Waals surface area contributed by atoms with E-state index in [1.807, 2.05) is 0 Å². The minimum atomic E-state index is -1.63. The Hall–Kier alpha value is -1.76. The maximum atomic E-state index is 14.3. The fraction of sp³-hybridized carbons (Fsp3) is 0.781. The van der Waals surface area contributed by atoms with Crippen LogP contribution < -0.4 is 0 Å². The lowest BCUT2D eigenvalue weighted by atomic mass is 9.43. The van der Waals surface area contributed by atoms with Crippen molar-refractivity contribution in [1.29, 1.82) is 0 Å². The van der Waals surface area contributed by atoms with Crippen LogP contribution in [0.25, 0.3) is 0 Å². The lowest BCUT2D eigenvalue weighted by Crippen LogP contribution is -2.81. The van der Waals surface area contributed by atoms with Crippen molar-refractivity contribution in [1.82, 2.24) is 4.90 Å². The quantitative estimate of drug-likeness (QED) is 0.356. The van der Waals surface area contributed by atoms with Crippen molar-refractivity contribution >= 4 is 5.97 Å².